The van der Waals surface area contributed by atoms with Gasteiger partial charge in [0.15, 0.2) is 0 Å². The number of halogens is 1. The number of hydrogen-bond acceptors (Lipinski definition) is 5. The molecule has 158 valence electrons. The summed E-state index contributed by atoms with van der Waals surface area (Å²) in [5.74, 6) is 1.11. The lowest BCUT2D eigenvalue weighted by molar-refractivity contribution is -0.122. The van der Waals surface area contributed by atoms with Gasteiger partial charge in [-0.2, -0.15) is 0 Å². The molecule has 0 spiro atoms. The number of amides is 1. The number of carbonyl (C=O) groups excluding carboxylic acids is 1. The molecule has 0 unspecified atom stereocenters. The first kappa shape index (κ1) is 19.8. The van der Waals surface area contributed by atoms with Crippen molar-refractivity contribution in [3.63, 3.8) is 0 Å². The van der Waals surface area contributed by atoms with Crippen LogP contribution in [0.3, 0.4) is 0 Å². The van der Waals surface area contributed by atoms with Crippen LogP contribution in [0.1, 0.15) is 42.7 Å². The fourth-order valence-electron chi connectivity index (χ4n) is 4.31. The van der Waals surface area contributed by atoms with Crippen molar-refractivity contribution in [3.05, 3.63) is 77.1 Å². The van der Waals surface area contributed by atoms with Gasteiger partial charge in [0.1, 0.15) is 17.6 Å². The van der Waals surface area contributed by atoms with Gasteiger partial charge in [0, 0.05) is 17.2 Å². The quantitative estimate of drug-likeness (QED) is 0.632. The molecule has 0 atom stereocenters. The normalized spacial score (nSPS) is 20.2. The molecule has 2 aliphatic rings. The Labute approximate surface area is 185 Å². The van der Waals surface area contributed by atoms with Crippen LogP contribution in [0, 0.1) is 0 Å². The number of nitrogens with zero attached hydrogens (tertiary/aromatic N) is 2. The number of rotatable bonds is 4. The molecule has 6 nitrogen and oxygen atoms in total. The maximum atomic E-state index is 13.4. The van der Waals surface area contributed by atoms with Crippen molar-refractivity contribution < 1.29 is 14.3 Å². The average molecular weight is 436 g/mol. The summed E-state index contributed by atoms with van der Waals surface area (Å²) in [5.41, 5.74) is 1.80. The van der Waals surface area contributed by atoms with Crippen molar-refractivity contribution in [3.8, 4) is 17.5 Å². The molecule has 1 N–H and O–H groups in total. The minimum Gasteiger partial charge on any atom is -0.460 e. The summed E-state index contributed by atoms with van der Waals surface area (Å²) in [6, 6.07) is 15.9. The van der Waals surface area contributed by atoms with Gasteiger partial charge < -0.3 is 14.8 Å². The maximum absolute atomic E-state index is 13.4. The van der Waals surface area contributed by atoms with E-state index in [1.807, 2.05) is 48.5 Å². The van der Waals surface area contributed by atoms with Gasteiger partial charge in [-0.25, -0.2) is 9.97 Å². The summed E-state index contributed by atoms with van der Waals surface area (Å²) in [6.07, 6.45) is 6.44. The van der Waals surface area contributed by atoms with Gasteiger partial charge in [-0.3, -0.25) is 4.79 Å². The summed E-state index contributed by atoms with van der Waals surface area (Å²) in [7, 11) is 0. The first-order valence-electron chi connectivity index (χ1n) is 10.5. The number of nitrogens with one attached hydrogen (secondary N) is 1. The predicted octanol–water partition coefficient (Wildman–Crippen LogP) is 4.87. The summed E-state index contributed by atoms with van der Waals surface area (Å²) in [5, 5.41) is 3.75. The van der Waals surface area contributed by atoms with Gasteiger partial charge in [0.05, 0.1) is 23.3 Å². The van der Waals surface area contributed by atoms with E-state index in [9.17, 15) is 4.79 Å². The Balaban J connectivity index is 1.25. The third-order valence-electron chi connectivity index (χ3n) is 5.83. The molecule has 1 amide bonds. The van der Waals surface area contributed by atoms with E-state index in [2.05, 4.69) is 15.3 Å². The zero-order chi connectivity index (χ0) is 21.2. The molecule has 3 aromatic rings. The maximum Gasteiger partial charge on any atom is 0.316 e. The van der Waals surface area contributed by atoms with Gasteiger partial charge in [0.2, 0.25) is 5.91 Å². The Morgan fingerprint density at radius 1 is 0.935 bits per heavy atom. The van der Waals surface area contributed by atoms with Crippen LogP contribution in [0.25, 0.3) is 0 Å². The first-order chi connectivity index (χ1) is 15.2. The van der Waals surface area contributed by atoms with E-state index < -0.39 is 0 Å². The van der Waals surface area contributed by atoms with Gasteiger partial charge in [0.25, 0.3) is 0 Å². The third kappa shape index (κ3) is 4.21. The topological polar surface area (TPSA) is 73.3 Å². The van der Waals surface area contributed by atoms with E-state index in [1.54, 1.807) is 0 Å². The molecule has 1 aliphatic carbocycles. The second kappa shape index (κ2) is 8.55. The summed E-state index contributed by atoms with van der Waals surface area (Å²) >= 11 is 5.82. The average Bonchev–Trinajstić information content (AvgIpc) is 2.80. The van der Waals surface area contributed by atoms with Gasteiger partial charge in [-0.15, -0.1) is 0 Å². The second-order valence-electron chi connectivity index (χ2n) is 7.89. The molecule has 0 bridgehead atoms. The Morgan fingerprint density at radius 2 is 1.52 bits per heavy atom. The number of para-hydroxylation sites is 2. The van der Waals surface area contributed by atoms with Crippen LogP contribution in [-0.2, 0) is 4.79 Å². The minimum absolute atomic E-state index is 0.00797. The Bertz CT molecular complexity index is 1040. The van der Waals surface area contributed by atoms with Crippen molar-refractivity contribution in [1.29, 1.82) is 0 Å². The second-order valence-corrected chi connectivity index (χ2v) is 8.33. The molecule has 1 aromatic heterocycles. The lowest BCUT2D eigenvalue weighted by Gasteiger charge is -2.32. The molecule has 2 aromatic carbocycles. The van der Waals surface area contributed by atoms with Crippen LogP contribution in [0.5, 0.6) is 17.5 Å². The van der Waals surface area contributed by atoms with E-state index in [4.69, 9.17) is 21.1 Å². The molecule has 1 aliphatic heterocycles. The lowest BCUT2D eigenvalue weighted by Crippen LogP contribution is -2.42. The fraction of sp³-hybridized carbons (Fsp3) is 0.292. The van der Waals surface area contributed by atoms with Crippen molar-refractivity contribution in [2.75, 3.05) is 0 Å². The van der Waals surface area contributed by atoms with E-state index in [-0.39, 0.29) is 24.0 Å². The number of aromatic nitrogens is 2. The van der Waals surface area contributed by atoms with Crippen LogP contribution in [-0.4, -0.2) is 28.0 Å². The molecule has 31 heavy (non-hydrogen) atoms. The Hall–Kier alpha value is -3.12. The van der Waals surface area contributed by atoms with E-state index in [0.717, 1.165) is 48.3 Å². The lowest BCUT2D eigenvalue weighted by atomic mass is 9.86. The Morgan fingerprint density at radius 3 is 2.13 bits per heavy atom. The van der Waals surface area contributed by atoms with E-state index in [0.29, 0.717) is 11.0 Å². The zero-order valence-corrected chi connectivity index (χ0v) is 17.6. The molecule has 0 saturated heterocycles. The summed E-state index contributed by atoms with van der Waals surface area (Å²) in [6.45, 7) is 0. The molecule has 0 radical (unpaired) electrons. The van der Waals surface area contributed by atoms with Crippen LogP contribution in [0.4, 0.5) is 0 Å². The highest BCUT2D eigenvalue weighted by Crippen LogP contribution is 2.44. The summed E-state index contributed by atoms with van der Waals surface area (Å²) in [4.78, 5) is 21.6. The third-order valence-corrected chi connectivity index (χ3v) is 6.03. The van der Waals surface area contributed by atoms with Crippen molar-refractivity contribution >= 4 is 17.5 Å². The Kier molecular flexibility index (Phi) is 5.47. The van der Waals surface area contributed by atoms with Crippen LogP contribution in [0.2, 0.25) is 5.02 Å². The van der Waals surface area contributed by atoms with Gasteiger partial charge >= 0.3 is 6.01 Å². The van der Waals surface area contributed by atoms with Crippen LogP contribution >= 0.6 is 11.6 Å². The number of fused-ring (bicyclic) bond motifs is 2. The molecule has 5 rings (SSSR count). The smallest absolute Gasteiger partial charge is 0.316 e. The predicted molar refractivity (Wildman–Crippen MR) is 117 cm³/mol. The molecule has 2 heterocycles. The highest BCUT2D eigenvalue weighted by molar-refractivity contribution is 6.30. The monoisotopic (exact) mass is 435 g/mol. The van der Waals surface area contributed by atoms with Crippen molar-refractivity contribution in [2.45, 2.75) is 43.7 Å². The number of hydrogen-bond donors (Lipinski definition) is 1. The van der Waals surface area contributed by atoms with Gasteiger partial charge in [-0.1, -0.05) is 48.0 Å². The first-order valence-corrected chi connectivity index (χ1v) is 10.9. The van der Waals surface area contributed by atoms with Crippen molar-refractivity contribution in [1.82, 2.24) is 15.3 Å². The molecule has 1 fully saturated rings. The highest BCUT2D eigenvalue weighted by Gasteiger charge is 2.34. The largest absolute Gasteiger partial charge is 0.460 e. The SMILES string of the molecule is O=C(NC1CCC(Oc2ncc(Cl)cn2)CC1)C1c2ccccc2Oc2ccccc21. The van der Waals surface area contributed by atoms with Gasteiger partial charge in [-0.05, 0) is 37.8 Å². The molecular weight excluding hydrogens is 414 g/mol. The summed E-state index contributed by atoms with van der Waals surface area (Å²) < 4.78 is 11.9. The standard InChI is InChI=1S/C24H22ClN3O3/c25-15-13-26-24(27-14-15)30-17-11-9-16(10-12-17)28-23(29)22-18-5-1-3-7-20(18)31-21-8-4-2-6-19(21)22/h1-8,13-14,16-17,22H,9-12H2,(H,28,29). The molecule has 1 saturated carbocycles. The van der Waals surface area contributed by atoms with Crippen LogP contribution in [0.15, 0.2) is 60.9 Å². The number of carbonyl (C=O) groups is 1. The number of benzene rings is 2. The van der Waals surface area contributed by atoms with Crippen molar-refractivity contribution in [2.24, 2.45) is 0 Å². The van der Waals surface area contributed by atoms with Crippen LogP contribution < -0.4 is 14.8 Å². The molecule has 7 heteroatoms. The zero-order valence-electron chi connectivity index (χ0n) is 16.8. The number of ether oxygens (including phenoxy) is 2. The fourth-order valence-corrected chi connectivity index (χ4v) is 4.41. The molecular formula is C24H22ClN3O3. The minimum atomic E-state index is -0.377. The van der Waals surface area contributed by atoms with E-state index >= 15 is 0 Å². The highest BCUT2D eigenvalue weighted by atomic mass is 35.5. The van der Waals surface area contributed by atoms with E-state index in [1.165, 1.54) is 12.4 Å².